The van der Waals surface area contributed by atoms with Gasteiger partial charge in [-0.3, -0.25) is 0 Å². The zero-order valence-electron chi connectivity index (χ0n) is 15.7. The van der Waals surface area contributed by atoms with Crippen LogP contribution in [0, 0.1) is 0 Å². The van der Waals surface area contributed by atoms with Crippen molar-refractivity contribution in [2.75, 3.05) is 13.1 Å². The molecule has 2 atom stereocenters. The molecule has 0 radical (unpaired) electrons. The van der Waals surface area contributed by atoms with Crippen molar-refractivity contribution in [3.8, 4) is 22.6 Å². The molecule has 0 saturated carbocycles. The Balaban J connectivity index is 1.81. The second-order valence-electron chi connectivity index (χ2n) is 7.33. The van der Waals surface area contributed by atoms with Crippen LogP contribution in [0.15, 0.2) is 30.3 Å². The van der Waals surface area contributed by atoms with Crippen LogP contribution in [-0.2, 0) is 0 Å². The third-order valence-electron chi connectivity index (χ3n) is 5.62. The molecule has 1 fully saturated rings. The summed E-state index contributed by atoms with van der Waals surface area (Å²) in [6, 6.07) is 9.91. The lowest BCUT2D eigenvalue weighted by Gasteiger charge is -2.24. The molecule has 2 heterocycles. The predicted molar refractivity (Wildman–Crippen MR) is 112 cm³/mol. The lowest BCUT2D eigenvalue weighted by Crippen LogP contribution is -2.37. The molecular formula is C22H25Cl2NO2. The fourth-order valence-corrected chi connectivity index (χ4v) is 4.58. The third-order valence-corrected chi connectivity index (χ3v) is 6.17. The summed E-state index contributed by atoms with van der Waals surface area (Å²) in [5.74, 6) is 2.09. The van der Waals surface area contributed by atoms with E-state index in [4.69, 9.17) is 32.7 Å². The van der Waals surface area contributed by atoms with Gasteiger partial charge in [-0.05, 0) is 55.6 Å². The van der Waals surface area contributed by atoms with E-state index < -0.39 is 0 Å². The van der Waals surface area contributed by atoms with E-state index in [9.17, 15) is 0 Å². The van der Waals surface area contributed by atoms with Crippen LogP contribution in [-0.4, -0.2) is 25.3 Å². The van der Waals surface area contributed by atoms with Crippen LogP contribution < -0.4 is 14.8 Å². The van der Waals surface area contributed by atoms with Gasteiger partial charge in [-0.2, -0.15) is 0 Å². The molecule has 27 heavy (non-hydrogen) atoms. The van der Waals surface area contributed by atoms with E-state index in [0.717, 1.165) is 55.0 Å². The first kappa shape index (κ1) is 18.9. The van der Waals surface area contributed by atoms with Gasteiger partial charge in [0.15, 0.2) is 11.5 Å². The number of fused-ring (bicyclic) bond motifs is 3. The van der Waals surface area contributed by atoms with Gasteiger partial charge >= 0.3 is 0 Å². The lowest BCUT2D eigenvalue weighted by molar-refractivity contribution is 0.151. The van der Waals surface area contributed by atoms with E-state index in [0.29, 0.717) is 16.0 Å². The van der Waals surface area contributed by atoms with Crippen molar-refractivity contribution in [3.63, 3.8) is 0 Å². The summed E-state index contributed by atoms with van der Waals surface area (Å²) >= 11 is 12.6. The maximum absolute atomic E-state index is 6.50. The Hall–Kier alpha value is -1.42. The highest BCUT2D eigenvalue weighted by Gasteiger charge is 2.38. The van der Waals surface area contributed by atoms with Crippen LogP contribution in [0.1, 0.15) is 44.6 Å². The van der Waals surface area contributed by atoms with Crippen LogP contribution in [0.25, 0.3) is 11.1 Å². The molecule has 0 bridgehead atoms. The Morgan fingerprint density at radius 3 is 2.74 bits per heavy atom. The molecule has 3 nitrogen and oxygen atoms in total. The van der Waals surface area contributed by atoms with Crippen LogP contribution in [0.3, 0.4) is 0 Å². The van der Waals surface area contributed by atoms with Crippen molar-refractivity contribution in [2.24, 2.45) is 0 Å². The number of piperidine rings is 1. The summed E-state index contributed by atoms with van der Waals surface area (Å²) in [6.45, 7) is 6.23. The Labute approximate surface area is 171 Å². The molecule has 0 amide bonds. The SMILES string of the molecule is CCC(CC)Oc1cc(-c2ccc(Cl)cc2Cl)cc2c1O[C@H]1CCNC[C@@H]21. The van der Waals surface area contributed by atoms with E-state index in [1.54, 1.807) is 6.07 Å². The van der Waals surface area contributed by atoms with Gasteiger partial charge in [-0.15, -0.1) is 0 Å². The molecule has 0 aromatic heterocycles. The van der Waals surface area contributed by atoms with Gasteiger partial charge in [-0.1, -0.05) is 43.1 Å². The van der Waals surface area contributed by atoms with Gasteiger partial charge in [0.2, 0.25) is 0 Å². The minimum absolute atomic E-state index is 0.175. The van der Waals surface area contributed by atoms with Gasteiger partial charge in [0.1, 0.15) is 6.10 Å². The summed E-state index contributed by atoms with van der Waals surface area (Å²) in [4.78, 5) is 0. The van der Waals surface area contributed by atoms with E-state index in [1.807, 2.05) is 12.1 Å². The molecule has 2 aromatic carbocycles. The van der Waals surface area contributed by atoms with E-state index in [-0.39, 0.29) is 12.2 Å². The highest BCUT2D eigenvalue weighted by atomic mass is 35.5. The number of halogens is 2. The number of rotatable bonds is 5. The van der Waals surface area contributed by atoms with E-state index in [1.165, 1.54) is 5.56 Å². The summed E-state index contributed by atoms with van der Waals surface area (Å²) in [6.07, 6.45) is 3.34. The Bertz CT molecular complexity index is 835. The van der Waals surface area contributed by atoms with Crippen molar-refractivity contribution in [1.82, 2.24) is 5.32 Å². The Morgan fingerprint density at radius 2 is 2.00 bits per heavy atom. The summed E-state index contributed by atoms with van der Waals surface area (Å²) in [5.41, 5.74) is 3.23. The second kappa shape index (κ2) is 7.90. The van der Waals surface area contributed by atoms with Crippen LogP contribution in [0.2, 0.25) is 10.0 Å². The molecule has 1 N–H and O–H groups in total. The maximum atomic E-state index is 6.50. The fraction of sp³-hybridized carbons (Fsp3) is 0.455. The fourth-order valence-electron chi connectivity index (χ4n) is 4.06. The minimum atomic E-state index is 0.175. The zero-order chi connectivity index (χ0) is 19.0. The molecule has 2 aliphatic rings. The van der Waals surface area contributed by atoms with Gasteiger partial charge in [0.05, 0.1) is 6.10 Å². The average Bonchev–Trinajstić information content (AvgIpc) is 3.05. The van der Waals surface area contributed by atoms with Crippen LogP contribution >= 0.6 is 23.2 Å². The molecule has 0 unspecified atom stereocenters. The third kappa shape index (κ3) is 3.65. The van der Waals surface area contributed by atoms with Gasteiger partial charge in [0.25, 0.3) is 0 Å². The summed E-state index contributed by atoms with van der Waals surface area (Å²) in [5, 5.41) is 4.78. The van der Waals surface area contributed by atoms with Crippen LogP contribution in [0.5, 0.6) is 11.5 Å². The van der Waals surface area contributed by atoms with Crippen LogP contribution in [0.4, 0.5) is 0 Å². The average molecular weight is 406 g/mol. The van der Waals surface area contributed by atoms with Crippen molar-refractivity contribution in [1.29, 1.82) is 0 Å². The Morgan fingerprint density at radius 1 is 1.19 bits per heavy atom. The molecule has 144 valence electrons. The first-order valence-electron chi connectivity index (χ1n) is 9.78. The topological polar surface area (TPSA) is 30.5 Å². The lowest BCUT2D eigenvalue weighted by atomic mass is 9.89. The molecular weight excluding hydrogens is 381 g/mol. The number of nitrogens with one attached hydrogen (secondary N) is 1. The number of hydrogen-bond acceptors (Lipinski definition) is 3. The second-order valence-corrected chi connectivity index (χ2v) is 8.17. The number of benzene rings is 2. The first-order chi connectivity index (χ1) is 13.1. The maximum Gasteiger partial charge on any atom is 0.165 e. The normalized spacial score (nSPS) is 20.9. The molecule has 2 aliphatic heterocycles. The van der Waals surface area contributed by atoms with Crippen molar-refractivity contribution < 1.29 is 9.47 Å². The van der Waals surface area contributed by atoms with Crippen molar-refractivity contribution in [2.45, 2.75) is 51.2 Å². The molecule has 1 saturated heterocycles. The quantitative estimate of drug-likeness (QED) is 0.654. The highest BCUT2D eigenvalue weighted by Crippen LogP contribution is 2.49. The minimum Gasteiger partial charge on any atom is -0.487 e. The molecule has 0 aliphatic carbocycles. The van der Waals surface area contributed by atoms with Gasteiger partial charge in [-0.25, -0.2) is 0 Å². The molecule has 4 rings (SSSR count). The largest absolute Gasteiger partial charge is 0.487 e. The summed E-state index contributed by atoms with van der Waals surface area (Å²) in [7, 11) is 0. The van der Waals surface area contributed by atoms with Gasteiger partial charge < -0.3 is 14.8 Å². The number of ether oxygens (including phenoxy) is 2. The highest BCUT2D eigenvalue weighted by molar-refractivity contribution is 6.36. The molecule has 2 aromatic rings. The first-order valence-corrected chi connectivity index (χ1v) is 10.5. The van der Waals surface area contributed by atoms with E-state index >= 15 is 0 Å². The van der Waals surface area contributed by atoms with Crippen molar-refractivity contribution >= 4 is 23.2 Å². The summed E-state index contributed by atoms with van der Waals surface area (Å²) < 4.78 is 12.7. The molecule has 0 spiro atoms. The monoisotopic (exact) mass is 405 g/mol. The standard InChI is InChI=1S/C22H25Cl2NO2/c1-3-15(4-2)26-21-10-13(16-6-5-14(23)11-19(16)24)9-17-18-12-25-8-7-20(18)27-22(17)21/h5-6,9-11,15,18,20,25H,3-4,7-8,12H2,1-2H3/t18-,20-/m0/s1. The zero-order valence-corrected chi connectivity index (χ0v) is 17.2. The van der Waals surface area contributed by atoms with Crippen molar-refractivity contribution in [3.05, 3.63) is 45.9 Å². The predicted octanol–water partition coefficient (Wildman–Crippen LogP) is 6.07. The molecule has 5 heteroatoms. The van der Waals surface area contributed by atoms with E-state index in [2.05, 4.69) is 31.3 Å². The number of hydrogen-bond donors (Lipinski definition) is 1. The Kier molecular flexibility index (Phi) is 5.54. The smallest absolute Gasteiger partial charge is 0.165 e. The van der Waals surface area contributed by atoms with Gasteiger partial charge in [0, 0.05) is 33.6 Å².